The Hall–Kier alpha value is -3.04. The number of nitrogens with zero attached hydrogens (tertiary/aromatic N) is 1. The number of aromatic hydroxyl groups is 1. The van der Waals surface area contributed by atoms with Gasteiger partial charge in [-0.3, -0.25) is 4.79 Å². The van der Waals surface area contributed by atoms with Gasteiger partial charge >= 0.3 is 0 Å². The van der Waals surface area contributed by atoms with Crippen molar-refractivity contribution in [2.75, 3.05) is 10.6 Å². The summed E-state index contributed by atoms with van der Waals surface area (Å²) < 4.78 is 13.1. The number of hydrogen-bond donors (Lipinski definition) is 3. The highest BCUT2D eigenvalue weighted by Crippen LogP contribution is 2.20. The minimum Gasteiger partial charge on any atom is -0.508 e. The molecule has 116 valence electrons. The Kier molecular flexibility index (Phi) is 5.18. The van der Waals surface area contributed by atoms with Crippen LogP contribution in [0, 0.1) is 17.1 Å². The molecule has 0 saturated carbocycles. The van der Waals surface area contributed by atoms with Crippen molar-refractivity contribution < 1.29 is 14.3 Å². The summed E-state index contributed by atoms with van der Waals surface area (Å²) in [5.41, 5.74) is 0.573. The molecule has 23 heavy (non-hydrogen) atoms. The summed E-state index contributed by atoms with van der Waals surface area (Å²) in [6.45, 7) is 0. The first-order valence-electron chi connectivity index (χ1n) is 6.42. The Morgan fingerprint density at radius 2 is 2.04 bits per heavy atom. The lowest BCUT2D eigenvalue weighted by atomic mass is 10.2. The van der Waals surface area contributed by atoms with E-state index in [2.05, 4.69) is 10.6 Å². The second kappa shape index (κ2) is 7.29. The second-order valence-corrected chi connectivity index (χ2v) is 4.85. The van der Waals surface area contributed by atoms with Gasteiger partial charge in [0, 0.05) is 23.6 Å². The molecule has 5 nitrogen and oxygen atoms in total. The smallest absolute Gasteiger partial charge is 0.267 e. The van der Waals surface area contributed by atoms with Crippen LogP contribution in [0.4, 0.5) is 15.8 Å². The summed E-state index contributed by atoms with van der Waals surface area (Å²) in [6, 6.07) is 11.6. The number of halogens is 2. The lowest BCUT2D eigenvalue weighted by molar-refractivity contribution is -0.112. The normalized spacial score (nSPS) is 10.7. The summed E-state index contributed by atoms with van der Waals surface area (Å²) in [5.74, 6) is -1.23. The second-order valence-electron chi connectivity index (χ2n) is 4.45. The molecule has 0 saturated heterocycles. The highest BCUT2D eigenvalue weighted by Gasteiger charge is 2.09. The van der Waals surface area contributed by atoms with Crippen molar-refractivity contribution in [2.24, 2.45) is 0 Å². The maximum absolute atomic E-state index is 13.1. The fourth-order valence-corrected chi connectivity index (χ4v) is 1.85. The number of carbonyl (C=O) groups excluding carboxylic acids is 1. The molecule has 0 radical (unpaired) electrons. The van der Waals surface area contributed by atoms with Gasteiger partial charge in [-0.15, -0.1) is 0 Å². The zero-order valence-corrected chi connectivity index (χ0v) is 12.4. The molecule has 3 N–H and O–H groups in total. The van der Waals surface area contributed by atoms with Gasteiger partial charge in [0.1, 0.15) is 23.2 Å². The molecule has 0 aliphatic rings. The van der Waals surface area contributed by atoms with E-state index in [0.29, 0.717) is 11.4 Å². The quantitative estimate of drug-likeness (QED) is 0.590. The highest BCUT2D eigenvalue weighted by atomic mass is 35.5. The van der Waals surface area contributed by atoms with Gasteiger partial charge in [0.25, 0.3) is 5.91 Å². The van der Waals surface area contributed by atoms with Crippen LogP contribution < -0.4 is 10.6 Å². The van der Waals surface area contributed by atoms with Crippen molar-refractivity contribution >= 4 is 28.9 Å². The predicted octanol–water partition coefficient (Wildman–Crippen LogP) is 3.64. The molecule has 2 aromatic rings. The Balaban J connectivity index is 2.10. The maximum atomic E-state index is 13.1. The number of phenolic OH excluding ortho intramolecular Hbond substituents is 1. The van der Waals surface area contributed by atoms with Crippen molar-refractivity contribution in [3.05, 3.63) is 65.1 Å². The van der Waals surface area contributed by atoms with Gasteiger partial charge in [-0.1, -0.05) is 17.7 Å². The Morgan fingerprint density at radius 3 is 2.70 bits per heavy atom. The summed E-state index contributed by atoms with van der Waals surface area (Å²) in [4.78, 5) is 12.0. The minimum atomic E-state index is -0.654. The number of amides is 1. The molecule has 1 amide bonds. The van der Waals surface area contributed by atoms with Crippen molar-refractivity contribution in [2.45, 2.75) is 0 Å². The van der Waals surface area contributed by atoms with E-state index in [9.17, 15) is 14.3 Å². The molecular formula is C16H11ClFN3O2. The number of carbonyl (C=O) groups is 1. The van der Waals surface area contributed by atoms with E-state index >= 15 is 0 Å². The fraction of sp³-hybridized carbons (Fsp3) is 0. The average molecular weight is 332 g/mol. The van der Waals surface area contributed by atoms with E-state index in [4.69, 9.17) is 16.9 Å². The fourth-order valence-electron chi connectivity index (χ4n) is 1.67. The zero-order valence-electron chi connectivity index (χ0n) is 11.7. The third-order valence-corrected chi connectivity index (χ3v) is 3.06. The van der Waals surface area contributed by atoms with E-state index in [1.165, 1.54) is 30.5 Å². The van der Waals surface area contributed by atoms with E-state index in [-0.39, 0.29) is 16.3 Å². The molecule has 0 aliphatic heterocycles. The summed E-state index contributed by atoms with van der Waals surface area (Å²) in [7, 11) is 0. The van der Waals surface area contributed by atoms with Gasteiger partial charge in [-0.25, -0.2) is 4.39 Å². The molecule has 2 rings (SSSR count). The van der Waals surface area contributed by atoms with Gasteiger partial charge in [-0.05, 0) is 30.3 Å². The molecule has 0 heterocycles. The first-order valence-corrected chi connectivity index (χ1v) is 6.79. The largest absolute Gasteiger partial charge is 0.508 e. The predicted molar refractivity (Wildman–Crippen MR) is 85.5 cm³/mol. The van der Waals surface area contributed by atoms with Crippen molar-refractivity contribution in [1.29, 1.82) is 5.26 Å². The van der Waals surface area contributed by atoms with Crippen LogP contribution in [0.5, 0.6) is 5.75 Å². The summed E-state index contributed by atoms with van der Waals surface area (Å²) >= 11 is 5.64. The molecular weight excluding hydrogens is 321 g/mol. The third-order valence-electron chi connectivity index (χ3n) is 2.77. The first-order chi connectivity index (χ1) is 11.0. The average Bonchev–Trinajstić information content (AvgIpc) is 2.51. The van der Waals surface area contributed by atoms with Crippen LogP contribution in [0.1, 0.15) is 0 Å². The molecule has 0 bridgehead atoms. The van der Waals surface area contributed by atoms with Gasteiger partial charge in [0.05, 0.1) is 5.02 Å². The highest BCUT2D eigenvalue weighted by molar-refractivity contribution is 6.31. The topological polar surface area (TPSA) is 85.2 Å². The number of benzene rings is 2. The number of anilines is 2. The summed E-state index contributed by atoms with van der Waals surface area (Å²) in [5, 5.41) is 23.5. The standard InChI is InChI=1S/C16H11ClFN3O2/c17-14-7-11(4-5-15(14)18)20-9-10(8-19)16(23)21-12-2-1-3-13(22)6-12/h1-7,9,20,22H,(H,21,23)/b10-9-. The van der Waals surface area contributed by atoms with E-state index in [1.54, 1.807) is 18.2 Å². The van der Waals surface area contributed by atoms with Crippen LogP contribution in [0.15, 0.2) is 54.2 Å². The van der Waals surface area contributed by atoms with Crippen molar-refractivity contribution in [1.82, 2.24) is 0 Å². The number of phenols is 1. The van der Waals surface area contributed by atoms with Gasteiger partial charge in [0.2, 0.25) is 0 Å². The third kappa shape index (κ3) is 4.46. The molecule has 0 spiro atoms. The van der Waals surface area contributed by atoms with E-state index in [1.807, 2.05) is 0 Å². The van der Waals surface area contributed by atoms with Crippen molar-refractivity contribution in [3.8, 4) is 11.8 Å². The molecule has 0 unspecified atom stereocenters. The minimum absolute atomic E-state index is 0.00985. The molecule has 7 heteroatoms. The molecule has 0 atom stereocenters. The van der Waals surface area contributed by atoms with Gasteiger partial charge in [0.15, 0.2) is 0 Å². The molecule has 0 aliphatic carbocycles. The van der Waals surface area contributed by atoms with E-state index < -0.39 is 11.7 Å². The van der Waals surface area contributed by atoms with Crippen LogP contribution in [0.25, 0.3) is 0 Å². The molecule has 0 aromatic heterocycles. The molecule has 2 aromatic carbocycles. The SMILES string of the molecule is N#C/C(=C/Nc1ccc(F)c(Cl)c1)C(=O)Nc1cccc(O)c1. The first kappa shape index (κ1) is 16.3. The maximum Gasteiger partial charge on any atom is 0.267 e. The summed E-state index contributed by atoms with van der Waals surface area (Å²) in [6.07, 6.45) is 1.18. The number of nitriles is 1. The van der Waals surface area contributed by atoms with Gasteiger partial charge < -0.3 is 15.7 Å². The van der Waals surface area contributed by atoms with Gasteiger partial charge in [-0.2, -0.15) is 5.26 Å². The van der Waals surface area contributed by atoms with Crippen LogP contribution in [-0.2, 0) is 4.79 Å². The number of nitrogens with one attached hydrogen (secondary N) is 2. The monoisotopic (exact) mass is 331 g/mol. The number of rotatable bonds is 4. The van der Waals surface area contributed by atoms with E-state index in [0.717, 1.165) is 6.07 Å². The Labute approximate surface area is 136 Å². The van der Waals surface area contributed by atoms with Crippen LogP contribution >= 0.6 is 11.6 Å². The lowest BCUT2D eigenvalue weighted by Crippen LogP contribution is -2.14. The van der Waals surface area contributed by atoms with Crippen LogP contribution in [0.3, 0.4) is 0 Å². The lowest BCUT2D eigenvalue weighted by Gasteiger charge is -2.06. The molecule has 0 fully saturated rings. The van der Waals surface area contributed by atoms with Crippen LogP contribution in [0.2, 0.25) is 5.02 Å². The Morgan fingerprint density at radius 1 is 1.26 bits per heavy atom. The zero-order chi connectivity index (χ0) is 16.8. The van der Waals surface area contributed by atoms with Crippen molar-refractivity contribution in [3.63, 3.8) is 0 Å². The Bertz CT molecular complexity index is 815. The number of hydrogen-bond acceptors (Lipinski definition) is 4. The van der Waals surface area contributed by atoms with Crippen LogP contribution in [-0.4, -0.2) is 11.0 Å².